The lowest BCUT2D eigenvalue weighted by atomic mass is 10.2. The smallest absolute Gasteiger partial charge is 0.231 e. The van der Waals surface area contributed by atoms with Crippen LogP contribution in [-0.4, -0.2) is 30.9 Å². The molecule has 0 fully saturated rings. The van der Waals surface area contributed by atoms with Gasteiger partial charge in [-0.15, -0.1) is 0 Å². The van der Waals surface area contributed by atoms with Crippen molar-refractivity contribution in [3.05, 3.63) is 0 Å². The van der Waals surface area contributed by atoms with Crippen LogP contribution >= 0.6 is 0 Å². The Morgan fingerprint density at radius 3 is 2.73 bits per heavy atom. The number of amides is 1. The summed E-state index contributed by atoms with van der Waals surface area (Å²) in [4.78, 5) is 12.1. The van der Waals surface area contributed by atoms with Crippen LogP contribution < -0.4 is 5.73 Å². The Morgan fingerprint density at radius 1 is 1.82 bits per heavy atom. The van der Waals surface area contributed by atoms with E-state index in [0.29, 0.717) is 6.54 Å². The summed E-state index contributed by atoms with van der Waals surface area (Å²) in [6, 6.07) is 2.08. The molecule has 0 heterocycles. The standard InChI is InChI=1S/C7H13N3O/c1-6(3-8)4-10(2)5-7(9)11/h6H,4-5H2,1-2H3,(H2,9,11). The van der Waals surface area contributed by atoms with Gasteiger partial charge in [-0.25, -0.2) is 0 Å². The number of carbonyl (C=O) groups is 1. The van der Waals surface area contributed by atoms with Gasteiger partial charge in [0.1, 0.15) is 0 Å². The lowest BCUT2D eigenvalue weighted by Crippen LogP contribution is -2.33. The summed E-state index contributed by atoms with van der Waals surface area (Å²) >= 11 is 0. The van der Waals surface area contributed by atoms with E-state index in [1.165, 1.54) is 0 Å². The van der Waals surface area contributed by atoms with Gasteiger partial charge in [0.25, 0.3) is 0 Å². The maximum atomic E-state index is 10.4. The number of primary amides is 1. The van der Waals surface area contributed by atoms with E-state index in [2.05, 4.69) is 6.07 Å². The van der Waals surface area contributed by atoms with E-state index in [9.17, 15) is 4.79 Å². The van der Waals surface area contributed by atoms with Gasteiger partial charge in [-0.2, -0.15) is 5.26 Å². The first-order chi connectivity index (χ1) is 5.06. The van der Waals surface area contributed by atoms with E-state index < -0.39 is 0 Å². The largest absolute Gasteiger partial charge is 0.369 e. The fraction of sp³-hybridized carbons (Fsp3) is 0.714. The van der Waals surface area contributed by atoms with Gasteiger partial charge in [0.2, 0.25) is 5.91 Å². The van der Waals surface area contributed by atoms with Gasteiger partial charge in [0, 0.05) is 6.54 Å². The summed E-state index contributed by atoms with van der Waals surface area (Å²) in [5.41, 5.74) is 4.95. The molecule has 1 unspecified atom stereocenters. The maximum Gasteiger partial charge on any atom is 0.231 e. The van der Waals surface area contributed by atoms with Crippen molar-refractivity contribution >= 4 is 5.91 Å². The van der Waals surface area contributed by atoms with Crippen molar-refractivity contribution in [3.63, 3.8) is 0 Å². The van der Waals surface area contributed by atoms with Crippen LogP contribution in [0.4, 0.5) is 0 Å². The fourth-order valence-corrected chi connectivity index (χ4v) is 0.839. The van der Waals surface area contributed by atoms with E-state index in [4.69, 9.17) is 11.0 Å². The number of likely N-dealkylation sites (N-methyl/N-ethyl adjacent to an activating group) is 1. The number of nitrogens with two attached hydrogens (primary N) is 1. The zero-order valence-corrected chi connectivity index (χ0v) is 6.87. The van der Waals surface area contributed by atoms with Gasteiger partial charge in [-0.3, -0.25) is 9.69 Å². The summed E-state index contributed by atoms with van der Waals surface area (Å²) in [6.07, 6.45) is 0. The third-order valence-electron chi connectivity index (χ3n) is 1.23. The maximum absolute atomic E-state index is 10.4. The van der Waals surface area contributed by atoms with Crippen LogP contribution in [-0.2, 0) is 4.79 Å². The molecule has 0 aromatic rings. The van der Waals surface area contributed by atoms with Crippen LogP contribution in [0.25, 0.3) is 0 Å². The quantitative estimate of drug-likeness (QED) is 0.598. The van der Waals surface area contributed by atoms with Crippen molar-refractivity contribution < 1.29 is 4.79 Å². The van der Waals surface area contributed by atoms with Gasteiger partial charge in [-0.05, 0) is 14.0 Å². The summed E-state index contributed by atoms with van der Waals surface area (Å²) in [5, 5.41) is 8.42. The van der Waals surface area contributed by atoms with Crippen molar-refractivity contribution in [2.75, 3.05) is 20.1 Å². The van der Waals surface area contributed by atoms with Gasteiger partial charge in [-0.1, -0.05) is 0 Å². The number of rotatable bonds is 4. The predicted molar refractivity (Wildman–Crippen MR) is 41.5 cm³/mol. The summed E-state index contributed by atoms with van der Waals surface area (Å²) in [5.74, 6) is -0.419. The third-order valence-corrected chi connectivity index (χ3v) is 1.23. The van der Waals surface area contributed by atoms with Gasteiger partial charge >= 0.3 is 0 Å². The molecule has 62 valence electrons. The molecular formula is C7H13N3O. The molecule has 0 rings (SSSR count). The lowest BCUT2D eigenvalue weighted by Gasteiger charge is -2.14. The van der Waals surface area contributed by atoms with Crippen LogP contribution in [0.15, 0.2) is 0 Å². The Bertz CT molecular complexity index is 173. The highest BCUT2D eigenvalue weighted by atomic mass is 16.1. The van der Waals surface area contributed by atoms with Gasteiger partial charge < -0.3 is 5.73 Å². The zero-order chi connectivity index (χ0) is 8.85. The molecule has 0 saturated heterocycles. The molecule has 0 saturated carbocycles. The Labute approximate surface area is 66.6 Å². The average Bonchev–Trinajstić information content (AvgIpc) is 1.85. The van der Waals surface area contributed by atoms with E-state index >= 15 is 0 Å². The second-order valence-electron chi connectivity index (χ2n) is 2.69. The molecule has 2 N–H and O–H groups in total. The van der Waals surface area contributed by atoms with Crippen molar-refractivity contribution in [2.45, 2.75) is 6.92 Å². The van der Waals surface area contributed by atoms with E-state index in [-0.39, 0.29) is 18.4 Å². The summed E-state index contributed by atoms with van der Waals surface area (Å²) < 4.78 is 0. The summed E-state index contributed by atoms with van der Waals surface area (Å²) in [7, 11) is 1.76. The minimum Gasteiger partial charge on any atom is -0.369 e. The number of hydrogen-bond donors (Lipinski definition) is 1. The SMILES string of the molecule is CC(C#N)CN(C)CC(N)=O. The fourth-order valence-electron chi connectivity index (χ4n) is 0.839. The Kier molecular flexibility index (Phi) is 4.23. The van der Waals surface area contributed by atoms with Crippen molar-refractivity contribution in [1.29, 1.82) is 5.26 Å². The first kappa shape index (κ1) is 9.92. The second kappa shape index (κ2) is 4.69. The number of hydrogen-bond acceptors (Lipinski definition) is 3. The Balaban J connectivity index is 3.62. The Hall–Kier alpha value is -1.08. The molecule has 1 atom stereocenters. The topological polar surface area (TPSA) is 70.1 Å². The normalized spacial score (nSPS) is 12.5. The molecule has 0 aliphatic rings. The minimum atomic E-state index is -0.363. The summed E-state index contributed by atoms with van der Waals surface area (Å²) in [6.45, 7) is 2.60. The first-order valence-corrected chi connectivity index (χ1v) is 3.42. The van der Waals surface area contributed by atoms with Crippen molar-refractivity contribution in [2.24, 2.45) is 11.7 Å². The first-order valence-electron chi connectivity index (χ1n) is 3.42. The average molecular weight is 155 g/mol. The van der Waals surface area contributed by atoms with Crippen molar-refractivity contribution in [3.8, 4) is 6.07 Å². The molecular weight excluding hydrogens is 142 g/mol. The van der Waals surface area contributed by atoms with Gasteiger partial charge in [0.15, 0.2) is 0 Å². The van der Waals surface area contributed by atoms with Gasteiger partial charge in [0.05, 0.1) is 18.5 Å². The van der Waals surface area contributed by atoms with E-state index in [1.54, 1.807) is 18.9 Å². The van der Waals surface area contributed by atoms with Crippen molar-refractivity contribution in [1.82, 2.24) is 4.90 Å². The zero-order valence-electron chi connectivity index (χ0n) is 6.87. The molecule has 0 aliphatic heterocycles. The molecule has 0 spiro atoms. The molecule has 0 bridgehead atoms. The molecule has 0 aromatic heterocycles. The molecule has 0 aliphatic carbocycles. The molecule has 4 nitrogen and oxygen atoms in total. The monoisotopic (exact) mass is 155 g/mol. The number of nitriles is 1. The molecule has 0 radical (unpaired) electrons. The number of carbonyl (C=O) groups excluding carboxylic acids is 1. The molecule has 0 aromatic carbocycles. The highest BCUT2D eigenvalue weighted by Gasteiger charge is 2.06. The van der Waals surface area contributed by atoms with Crippen LogP contribution in [0.5, 0.6) is 0 Å². The molecule has 1 amide bonds. The highest BCUT2D eigenvalue weighted by Crippen LogP contribution is 1.94. The molecule has 11 heavy (non-hydrogen) atoms. The highest BCUT2D eigenvalue weighted by molar-refractivity contribution is 5.75. The van der Waals surface area contributed by atoms with E-state index in [0.717, 1.165) is 0 Å². The predicted octanol–water partition coefficient (Wildman–Crippen LogP) is -0.437. The number of nitrogens with zero attached hydrogens (tertiary/aromatic N) is 2. The van der Waals surface area contributed by atoms with E-state index in [1.807, 2.05) is 0 Å². The lowest BCUT2D eigenvalue weighted by molar-refractivity contribution is -0.118. The molecule has 4 heteroatoms. The van der Waals surface area contributed by atoms with Crippen LogP contribution in [0.1, 0.15) is 6.92 Å². The third kappa shape index (κ3) is 5.37. The van der Waals surface area contributed by atoms with Crippen LogP contribution in [0, 0.1) is 17.2 Å². The van der Waals surface area contributed by atoms with Crippen LogP contribution in [0.2, 0.25) is 0 Å². The Morgan fingerprint density at radius 2 is 2.36 bits per heavy atom. The second-order valence-corrected chi connectivity index (χ2v) is 2.69. The minimum absolute atomic E-state index is 0.0562. The van der Waals surface area contributed by atoms with Crippen LogP contribution in [0.3, 0.4) is 0 Å².